The minimum atomic E-state index is -3.57. The topological polar surface area (TPSA) is 80.6 Å². The van der Waals surface area contributed by atoms with Gasteiger partial charge in [0, 0.05) is 19.2 Å². The maximum absolute atomic E-state index is 12.3. The Morgan fingerprint density at radius 1 is 1.38 bits per heavy atom. The summed E-state index contributed by atoms with van der Waals surface area (Å²) in [5, 5.41) is 3.18. The molecular formula is C14H26N2O4S. The van der Waals surface area contributed by atoms with Gasteiger partial charge in [-0.2, -0.15) is 0 Å². The lowest BCUT2D eigenvalue weighted by Crippen LogP contribution is -2.32. The largest absolute Gasteiger partial charge is 0.464 e. The molecule has 0 aliphatic heterocycles. The van der Waals surface area contributed by atoms with E-state index in [1.54, 1.807) is 13.0 Å². The first-order valence-corrected chi connectivity index (χ1v) is 8.80. The van der Waals surface area contributed by atoms with E-state index in [2.05, 4.69) is 17.0 Å². The lowest BCUT2D eigenvalue weighted by Gasteiger charge is -2.12. The molecule has 0 radical (unpaired) electrons. The summed E-state index contributed by atoms with van der Waals surface area (Å²) in [6.45, 7) is 9.62. The smallest absolute Gasteiger partial charge is 0.244 e. The minimum absolute atomic E-state index is 0.164. The minimum Gasteiger partial charge on any atom is -0.464 e. The van der Waals surface area contributed by atoms with Crippen molar-refractivity contribution in [2.75, 3.05) is 19.7 Å². The number of rotatable bonds is 10. The van der Waals surface area contributed by atoms with Crippen molar-refractivity contribution in [1.29, 1.82) is 0 Å². The summed E-state index contributed by atoms with van der Waals surface area (Å²) in [6, 6.07) is 1.58. The normalized spacial score (nSPS) is 13.5. The average Bonchev–Trinajstić information content (AvgIpc) is 2.79. The maximum atomic E-state index is 12.3. The second kappa shape index (κ2) is 8.53. The highest BCUT2D eigenvalue weighted by Crippen LogP contribution is 2.19. The van der Waals surface area contributed by atoms with Crippen molar-refractivity contribution in [2.45, 2.75) is 51.7 Å². The van der Waals surface area contributed by atoms with Gasteiger partial charge >= 0.3 is 0 Å². The summed E-state index contributed by atoms with van der Waals surface area (Å²) in [4.78, 5) is 0.194. The van der Waals surface area contributed by atoms with Gasteiger partial charge in [-0.1, -0.05) is 6.92 Å². The van der Waals surface area contributed by atoms with Crippen LogP contribution >= 0.6 is 0 Å². The number of ether oxygens (including phenoxy) is 1. The molecule has 2 N–H and O–H groups in total. The summed E-state index contributed by atoms with van der Waals surface area (Å²) in [6.07, 6.45) is 0.851. The van der Waals surface area contributed by atoms with Crippen molar-refractivity contribution in [1.82, 2.24) is 10.0 Å². The van der Waals surface area contributed by atoms with Crippen LogP contribution in [0.1, 0.15) is 38.7 Å². The van der Waals surface area contributed by atoms with E-state index in [-0.39, 0.29) is 17.5 Å². The molecule has 21 heavy (non-hydrogen) atoms. The Morgan fingerprint density at radius 3 is 2.71 bits per heavy atom. The van der Waals surface area contributed by atoms with Gasteiger partial charge in [0.2, 0.25) is 10.0 Å². The molecule has 1 rings (SSSR count). The molecule has 1 aromatic heterocycles. The second-order valence-electron chi connectivity index (χ2n) is 4.93. The highest BCUT2D eigenvalue weighted by molar-refractivity contribution is 7.89. The van der Waals surface area contributed by atoms with Crippen LogP contribution in [0.3, 0.4) is 0 Å². The zero-order valence-electron chi connectivity index (χ0n) is 13.2. The summed E-state index contributed by atoms with van der Waals surface area (Å²) in [5.74, 6) is 1.03. The molecule has 122 valence electrons. The molecule has 0 saturated carbocycles. The molecule has 1 heterocycles. The maximum Gasteiger partial charge on any atom is 0.244 e. The first-order valence-electron chi connectivity index (χ1n) is 7.32. The van der Waals surface area contributed by atoms with Crippen molar-refractivity contribution in [3.8, 4) is 0 Å². The summed E-state index contributed by atoms with van der Waals surface area (Å²) in [7, 11) is -3.57. The van der Waals surface area contributed by atoms with Gasteiger partial charge in [0.05, 0.1) is 12.6 Å². The van der Waals surface area contributed by atoms with Crippen molar-refractivity contribution in [2.24, 2.45) is 0 Å². The average molecular weight is 318 g/mol. The van der Waals surface area contributed by atoms with Gasteiger partial charge in [0.25, 0.3) is 0 Å². The fourth-order valence-electron chi connectivity index (χ4n) is 1.91. The highest BCUT2D eigenvalue weighted by atomic mass is 32.2. The van der Waals surface area contributed by atoms with Crippen molar-refractivity contribution in [3.63, 3.8) is 0 Å². The molecule has 1 atom stereocenters. The second-order valence-corrected chi connectivity index (χ2v) is 6.66. The van der Waals surface area contributed by atoms with E-state index in [1.165, 1.54) is 0 Å². The number of aryl methyl sites for hydroxylation is 1. The zero-order chi connectivity index (χ0) is 15.9. The van der Waals surface area contributed by atoms with E-state index in [0.29, 0.717) is 24.7 Å². The van der Waals surface area contributed by atoms with Crippen LogP contribution in [0.2, 0.25) is 0 Å². The number of furan rings is 1. The van der Waals surface area contributed by atoms with Crippen molar-refractivity contribution in [3.05, 3.63) is 17.6 Å². The third kappa shape index (κ3) is 5.78. The standard InChI is InChI=1S/C14H26N2O4S/c1-5-7-15-10-13-8-14(12(4)20-13)21(17,18)16-9-11(3)19-6-2/h8,11,15-16H,5-7,9-10H2,1-4H3. The lowest BCUT2D eigenvalue weighted by atomic mass is 10.4. The van der Waals surface area contributed by atoms with E-state index in [9.17, 15) is 8.42 Å². The molecule has 0 saturated heterocycles. The third-order valence-corrected chi connectivity index (χ3v) is 4.48. The van der Waals surface area contributed by atoms with Crippen LogP contribution in [-0.4, -0.2) is 34.2 Å². The number of sulfonamides is 1. The third-order valence-electron chi connectivity index (χ3n) is 2.95. The van der Waals surface area contributed by atoms with E-state index in [0.717, 1.165) is 13.0 Å². The van der Waals surface area contributed by atoms with E-state index in [1.807, 2.05) is 13.8 Å². The first-order chi connectivity index (χ1) is 9.90. The lowest BCUT2D eigenvalue weighted by molar-refractivity contribution is 0.0799. The molecular weight excluding hydrogens is 292 g/mol. The van der Waals surface area contributed by atoms with Crippen molar-refractivity contribution < 1.29 is 17.6 Å². The van der Waals surface area contributed by atoms with E-state index < -0.39 is 10.0 Å². The molecule has 0 aliphatic rings. The summed E-state index contributed by atoms with van der Waals surface area (Å²) in [5.41, 5.74) is 0. The Labute approximate surface area is 127 Å². The highest BCUT2D eigenvalue weighted by Gasteiger charge is 2.21. The molecule has 1 unspecified atom stereocenters. The van der Waals surface area contributed by atoms with Crippen LogP contribution < -0.4 is 10.0 Å². The Bertz CT molecular complexity index is 525. The van der Waals surface area contributed by atoms with Gasteiger partial charge in [0.15, 0.2) is 0 Å². The molecule has 0 aromatic carbocycles. The molecule has 0 fully saturated rings. The van der Waals surface area contributed by atoms with Crippen molar-refractivity contribution >= 4 is 10.0 Å². The van der Waals surface area contributed by atoms with E-state index in [4.69, 9.17) is 9.15 Å². The van der Waals surface area contributed by atoms with Crippen LogP contribution in [0.5, 0.6) is 0 Å². The first kappa shape index (κ1) is 18.2. The van der Waals surface area contributed by atoms with Gasteiger partial charge in [0.1, 0.15) is 16.4 Å². The van der Waals surface area contributed by atoms with Crippen LogP contribution in [0.15, 0.2) is 15.4 Å². The fraction of sp³-hybridized carbons (Fsp3) is 0.714. The van der Waals surface area contributed by atoms with Gasteiger partial charge in [-0.05, 0) is 33.7 Å². The monoisotopic (exact) mass is 318 g/mol. The molecule has 0 spiro atoms. The van der Waals surface area contributed by atoms with Crippen LogP contribution in [0, 0.1) is 6.92 Å². The quantitative estimate of drug-likeness (QED) is 0.643. The van der Waals surface area contributed by atoms with Crippen LogP contribution in [-0.2, 0) is 21.3 Å². The van der Waals surface area contributed by atoms with Crippen LogP contribution in [0.4, 0.5) is 0 Å². The zero-order valence-corrected chi connectivity index (χ0v) is 14.0. The number of hydrogen-bond acceptors (Lipinski definition) is 5. The Hall–Kier alpha value is -0.890. The number of hydrogen-bond donors (Lipinski definition) is 2. The molecule has 7 heteroatoms. The molecule has 0 aliphatic carbocycles. The summed E-state index contributed by atoms with van der Waals surface area (Å²) < 4.78 is 37.9. The predicted molar refractivity (Wildman–Crippen MR) is 81.7 cm³/mol. The van der Waals surface area contributed by atoms with E-state index >= 15 is 0 Å². The van der Waals surface area contributed by atoms with Gasteiger partial charge in [-0.25, -0.2) is 13.1 Å². The Morgan fingerprint density at radius 2 is 2.10 bits per heavy atom. The summed E-state index contributed by atoms with van der Waals surface area (Å²) >= 11 is 0. The van der Waals surface area contributed by atoms with Crippen LogP contribution in [0.25, 0.3) is 0 Å². The van der Waals surface area contributed by atoms with Gasteiger partial charge in [-0.15, -0.1) is 0 Å². The number of nitrogens with one attached hydrogen (secondary N) is 2. The van der Waals surface area contributed by atoms with Gasteiger partial charge in [-0.3, -0.25) is 0 Å². The molecule has 0 amide bonds. The SMILES string of the molecule is CCCNCc1cc(S(=O)(=O)NCC(C)OCC)c(C)o1. The molecule has 0 bridgehead atoms. The Balaban J connectivity index is 2.69. The Kier molecular flexibility index (Phi) is 7.37. The molecule has 1 aromatic rings. The van der Waals surface area contributed by atoms with Gasteiger partial charge < -0.3 is 14.5 Å². The fourth-order valence-corrected chi connectivity index (χ4v) is 3.23. The molecule has 6 nitrogen and oxygen atoms in total. The predicted octanol–water partition coefficient (Wildman–Crippen LogP) is 1.79.